The number of hydrogen-bond acceptors (Lipinski definition) is 4. The Labute approximate surface area is 115 Å². The van der Waals surface area contributed by atoms with Crippen molar-refractivity contribution in [2.75, 3.05) is 0 Å². The fourth-order valence-electron chi connectivity index (χ4n) is 1.91. The van der Waals surface area contributed by atoms with Crippen LogP contribution in [0.1, 0.15) is 29.9 Å². The lowest BCUT2D eigenvalue weighted by molar-refractivity contribution is 0.0696. The number of rotatable bonds is 4. The molecule has 20 heavy (non-hydrogen) atoms. The van der Waals surface area contributed by atoms with Crippen LogP contribution in [0, 0.1) is 12.8 Å². The molecule has 2 heterocycles. The molecular weight excluding hydrogens is 260 g/mol. The minimum absolute atomic E-state index is 0.0606. The highest BCUT2D eigenvalue weighted by Gasteiger charge is 2.15. The Balaban J connectivity index is 2.51. The first-order chi connectivity index (χ1) is 9.40. The van der Waals surface area contributed by atoms with E-state index in [0.29, 0.717) is 18.2 Å². The van der Waals surface area contributed by atoms with Gasteiger partial charge in [0.1, 0.15) is 5.56 Å². The van der Waals surface area contributed by atoms with Crippen LogP contribution in [0.3, 0.4) is 0 Å². The number of aromatic carboxylic acids is 1. The van der Waals surface area contributed by atoms with E-state index < -0.39 is 5.97 Å². The van der Waals surface area contributed by atoms with Gasteiger partial charge in [-0.05, 0) is 12.8 Å². The second-order valence-electron chi connectivity index (χ2n) is 4.98. The largest absolute Gasteiger partial charge is 0.478 e. The van der Waals surface area contributed by atoms with Crippen LogP contribution in [-0.2, 0) is 6.54 Å². The molecule has 106 valence electrons. The van der Waals surface area contributed by atoms with Crippen molar-refractivity contribution in [1.82, 2.24) is 19.3 Å². The average Bonchev–Trinajstić information content (AvgIpc) is 2.73. The lowest BCUT2D eigenvalue weighted by atomic mass is 10.2. The van der Waals surface area contributed by atoms with Gasteiger partial charge in [-0.3, -0.25) is 4.79 Å². The molecular formula is C13H16N4O3. The van der Waals surface area contributed by atoms with Gasteiger partial charge in [0.2, 0.25) is 5.82 Å². The van der Waals surface area contributed by atoms with Crippen LogP contribution < -0.4 is 5.56 Å². The first-order valence-electron chi connectivity index (χ1n) is 6.25. The quantitative estimate of drug-likeness (QED) is 0.902. The first kappa shape index (κ1) is 14.0. The number of carboxylic acids is 1. The van der Waals surface area contributed by atoms with E-state index in [0.717, 1.165) is 0 Å². The molecule has 0 aromatic carbocycles. The van der Waals surface area contributed by atoms with E-state index in [9.17, 15) is 9.59 Å². The SMILES string of the molecule is Cc1nn(-c2nccn(CC(C)C)c2=O)cc1C(=O)O. The Morgan fingerprint density at radius 3 is 2.70 bits per heavy atom. The Hall–Kier alpha value is -2.44. The lowest BCUT2D eigenvalue weighted by Crippen LogP contribution is -2.27. The third kappa shape index (κ3) is 2.61. The van der Waals surface area contributed by atoms with Crippen LogP contribution in [0.4, 0.5) is 0 Å². The zero-order valence-corrected chi connectivity index (χ0v) is 11.6. The highest BCUT2D eigenvalue weighted by atomic mass is 16.4. The van der Waals surface area contributed by atoms with Gasteiger partial charge < -0.3 is 9.67 Å². The normalized spacial score (nSPS) is 11.0. The Kier molecular flexibility index (Phi) is 3.69. The summed E-state index contributed by atoms with van der Waals surface area (Å²) >= 11 is 0. The van der Waals surface area contributed by atoms with Crippen LogP contribution in [0.2, 0.25) is 0 Å². The van der Waals surface area contributed by atoms with Crippen molar-refractivity contribution in [2.45, 2.75) is 27.3 Å². The smallest absolute Gasteiger partial charge is 0.339 e. The predicted molar refractivity (Wildman–Crippen MR) is 72.2 cm³/mol. The molecule has 2 aromatic rings. The van der Waals surface area contributed by atoms with Gasteiger partial charge in [0.25, 0.3) is 5.56 Å². The molecule has 0 fully saturated rings. The molecule has 0 unspecified atom stereocenters. The summed E-state index contributed by atoms with van der Waals surface area (Å²) in [4.78, 5) is 27.3. The van der Waals surface area contributed by atoms with Gasteiger partial charge in [-0.1, -0.05) is 13.8 Å². The van der Waals surface area contributed by atoms with Gasteiger partial charge in [0.15, 0.2) is 0 Å². The zero-order chi connectivity index (χ0) is 14.9. The summed E-state index contributed by atoms with van der Waals surface area (Å²) in [6.07, 6.45) is 4.43. The van der Waals surface area contributed by atoms with E-state index in [1.54, 1.807) is 17.7 Å². The monoisotopic (exact) mass is 276 g/mol. The van der Waals surface area contributed by atoms with E-state index >= 15 is 0 Å². The molecule has 0 bridgehead atoms. The second-order valence-corrected chi connectivity index (χ2v) is 4.98. The third-order valence-electron chi connectivity index (χ3n) is 2.80. The summed E-state index contributed by atoms with van der Waals surface area (Å²) in [7, 11) is 0. The summed E-state index contributed by atoms with van der Waals surface area (Å²) in [6.45, 7) is 6.16. The van der Waals surface area contributed by atoms with Crippen molar-refractivity contribution in [3.8, 4) is 5.82 Å². The first-order valence-corrected chi connectivity index (χ1v) is 6.25. The summed E-state index contributed by atoms with van der Waals surface area (Å²) in [5.41, 5.74) is 0.115. The van der Waals surface area contributed by atoms with Crippen LogP contribution in [0.25, 0.3) is 5.82 Å². The Bertz CT molecular complexity index is 700. The predicted octanol–water partition coefficient (Wildman–Crippen LogP) is 1.09. The van der Waals surface area contributed by atoms with Crippen molar-refractivity contribution in [3.05, 3.63) is 40.2 Å². The van der Waals surface area contributed by atoms with Gasteiger partial charge in [0.05, 0.1) is 5.69 Å². The molecule has 7 nitrogen and oxygen atoms in total. The fraction of sp³-hybridized carbons (Fsp3) is 0.385. The van der Waals surface area contributed by atoms with E-state index in [1.165, 1.54) is 17.1 Å². The van der Waals surface area contributed by atoms with Crippen molar-refractivity contribution in [1.29, 1.82) is 0 Å². The molecule has 0 amide bonds. The molecule has 0 aliphatic carbocycles. The molecule has 1 N–H and O–H groups in total. The van der Waals surface area contributed by atoms with E-state index in [4.69, 9.17) is 5.11 Å². The third-order valence-corrected chi connectivity index (χ3v) is 2.80. The molecule has 2 aromatic heterocycles. The highest BCUT2D eigenvalue weighted by molar-refractivity contribution is 5.88. The number of carboxylic acid groups (broad SMARTS) is 1. The highest BCUT2D eigenvalue weighted by Crippen LogP contribution is 2.08. The van der Waals surface area contributed by atoms with Crippen molar-refractivity contribution >= 4 is 5.97 Å². The molecule has 7 heteroatoms. The molecule has 0 aliphatic heterocycles. The number of nitrogens with zero attached hydrogens (tertiary/aromatic N) is 4. The minimum atomic E-state index is -1.08. The molecule has 0 aliphatic rings. The van der Waals surface area contributed by atoms with E-state index in [-0.39, 0.29) is 16.9 Å². The topological polar surface area (TPSA) is 90.0 Å². The van der Waals surface area contributed by atoms with Gasteiger partial charge in [-0.25, -0.2) is 14.5 Å². The number of aromatic nitrogens is 4. The van der Waals surface area contributed by atoms with E-state index in [1.807, 2.05) is 13.8 Å². The molecule has 0 saturated heterocycles. The van der Waals surface area contributed by atoms with Crippen LogP contribution in [0.15, 0.2) is 23.4 Å². The zero-order valence-electron chi connectivity index (χ0n) is 11.6. The Morgan fingerprint density at radius 1 is 1.45 bits per heavy atom. The maximum absolute atomic E-state index is 12.3. The molecule has 0 atom stereocenters. The van der Waals surface area contributed by atoms with Crippen molar-refractivity contribution in [2.24, 2.45) is 5.92 Å². The molecule has 0 spiro atoms. The lowest BCUT2D eigenvalue weighted by Gasteiger charge is -2.09. The summed E-state index contributed by atoms with van der Waals surface area (Å²) < 4.78 is 2.77. The maximum atomic E-state index is 12.3. The van der Waals surface area contributed by atoms with Gasteiger partial charge in [0, 0.05) is 25.1 Å². The Morgan fingerprint density at radius 2 is 2.15 bits per heavy atom. The van der Waals surface area contributed by atoms with Gasteiger partial charge in [-0.2, -0.15) is 5.10 Å². The molecule has 0 saturated carbocycles. The number of aryl methyl sites for hydroxylation is 1. The average molecular weight is 276 g/mol. The standard InChI is InChI=1S/C13H16N4O3/c1-8(2)6-16-5-4-14-11(12(16)18)17-7-10(13(19)20)9(3)15-17/h4-5,7-8H,6H2,1-3H3,(H,19,20). The van der Waals surface area contributed by atoms with Gasteiger partial charge >= 0.3 is 5.97 Å². The maximum Gasteiger partial charge on any atom is 0.339 e. The van der Waals surface area contributed by atoms with Crippen LogP contribution >= 0.6 is 0 Å². The summed E-state index contributed by atoms with van der Waals surface area (Å²) in [6, 6.07) is 0. The van der Waals surface area contributed by atoms with Crippen LogP contribution in [-0.4, -0.2) is 30.4 Å². The minimum Gasteiger partial charge on any atom is -0.478 e. The summed E-state index contributed by atoms with van der Waals surface area (Å²) in [5, 5.41) is 13.1. The van der Waals surface area contributed by atoms with Gasteiger partial charge in [-0.15, -0.1) is 0 Å². The molecule has 0 radical (unpaired) electrons. The summed E-state index contributed by atoms with van der Waals surface area (Å²) in [5.74, 6) is -0.659. The fourth-order valence-corrected chi connectivity index (χ4v) is 1.91. The number of hydrogen-bond donors (Lipinski definition) is 1. The second kappa shape index (κ2) is 5.28. The van der Waals surface area contributed by atoms with Crippen LogP contribution in [0.5, 0.6) is 0 Å². The van der Waals surface area contributed by atoms with E-state index in [2.05, 4.69) is 10.1 Å². The van der Waals surface area contributed by atoms with Crippen molar-refractivity contribution < 1.29 is 9.90 Å². The molecule has 2 rings (SSSR count). The number of carbonyl (C=O) groups is 1. The van der Waals surface area contributed by atoms with Crippen molar-refractivity contribution in [3.63, 3.8) is 0 Å².